The van der Waals surface area contributed by atoms with E-state index in [1.807, 2.05) is 5.43 Å². The van der Waals surface area contributed by atoms with Crippen molar-refractivity contribution in [3.63, 3.8) is 0 Å². The molecule has 1 aromatic heterocycles. The summed E-state index contributed by atoms with van der Waals surface area (Å²) in [5.74, 6) is 0.139. The van der Waals surface area contributed by atoms with Gasteiger partial charge in [-0.1, -0.05) is 0 Å². The van der Waals surface area contributed by atoms with Gasteiger partial charge in [0.05, 0.1) is 5.56 Å². The first-order valence-corrected chi connectivity index (χ1v) is 3.50. The summed E-state index contributed by atoms with van der Waals surface area (Å²) in [6.45, 7) is 1.71. The average Bonchev–Trinajstić information content (AvgIpc) is 2.47. The van der Waals surface area contributed by atoms with Crippen molar-refractivity contribution in [3.05, 3.63) is 23.7 Å². The minimum atomic E-state index is -0.825. The maximum absolute atomic E-state index is 11.1. The van der Waals surface area contributed by atoms with Crippen molar-refractivity contribution in [2.45, 2.75) is 6.92 Å². The number of hydrazine groups is 1. The number of aryl methyl sites for hydroxylation is 1. The van der Waals surface area contributed by atoms with Gasteiger partial charge in [-0.15, -0.1) is 0 Å². The molecular formula is C7H9N3O3. The molecule has 0 fully saturated rings. The SMILES string of the molecule is Cc1cc(C(=O)NNC(N)=O)co1. The molecule has 1 heterocycles. The molecule has 6 heteroatoms. The monoisotopic (exact) mass is 183 g/mol. The number of amides is 3. The van der Waals surface area contributed by atoms with Gasteiger partial charge >= 0.3 is 6.03 Å². The van der Waals surface area contributed by atoms with Crippen LogP contribution in [0.5, 0.6) is 0 Å². The molecule has 70 valence electrons. The van der Waals surface area contributed by atoms with Crippen LogP contribution in [0, 0.1) is 6.92 Å². The van der Waals surface area contributed by atoms with Crippen LogP contribution in [0.2, 0.25) is 0 Å². The standard InChI is InChI=1S/C7H9N3O3/c1-4-2-5(3-13-4)6(11)9-10-7(8)12/h2-3H,1H3,(H,9,11)(H3,8,10,12). The molecule has 0 saturated carbocycles. The lowest BCUT2D eigenvalue weighted by Crippen LogP contribution is -2.44. The molecule has 0 aliphatic rings. The molecular weight excluding hydrogens is 174 g/mol. The molecule has 6 nitrogen and oxygen atoms in total. The molecule has 1 rings (SSSR count). The third kappa shape index (κ3) is 2.51. The van der Waals surface area contributed by atoms with Gasteiger partial charge in [-0.3, -0.25) is 10.2 Å². The Morgan fingerprint density at radius 2 is 2.15 bits per heavy atom. The number of nitrogens with two attached hydrogens (primary N) is 1. The molecule has 0 bridgehead atoms. The van der Waals surface area contributed by atoms with E-state index in [0.717, 1.165) is 0 Å². The lowest BCUT2D eigenvalue weighted by atomic mass is 10.3. The molecule has 3 amide bonds. The molecule has 0 aliphatic carbocycles. The Morgan fingerprint density at radius 3 is 2.62 bits per heavy atom. The maximum atomic E-state index is 11.1. The van der Waals surface area contributed by atoms with E-state index in [1.54, 1.807) is 6.92 Å². The highest BCUT2D eigenvalue weighted by atomic mass is 16.3. The molecule has 0 unspecified atom stereocenters. The fourth-order valence-corrected chi connectivity index (χ4v) is 0.753. The highest BCUT2D eigenvalue weighted by molar-refractivity contribution is 5.94. The Hall–Kier alpha value is -1.98. The summed E-state index contributed by atoms with van der Waals surface area (Å²) in [5, 5.41) is 0. The van der Waals surface area contributed by atoms with Crippen LogP contribution >= 0.6 is 0 Å². The third-order valence-corrected chi connectivity index (χ3v) is 1.29. The molecule has 0 spiro atoms. The van der Waals surface area contributed by atoms with Crippen molar-refractivity contribution in [3.8, 4) is 0 Å². The second-order valence-corrected chi connectivity index (χ2v) is 2.39. The van der Waals surface area contributed by atoms with E-state index >= 15 is 0 Å². The van der Waals surface area contributed by atoms with Gasteiger partial charge in [0.15, 0.2) is 0 Å². The molecule has 4 N–H and O–H groups in total. The third-order valence-electron chi connectivity index (χ3n) is 1.29. The smallest absolute Gasteiger partial charge is 0.330 e. The van der Waals surface area contributed by atoms with E-state index < -0.39 is 11.9 Å². The highest BCUT2D eigenvalue weighted by Gasteiger charge is 2.07. The van der Waals surface area contributed by atoms with E-state index in [0.29, 0.717) is 11.3 Å². The van der Waals surface area contributed by atoms with Crippen LogP contribution in [0.1, 0.15) is 16.1 Å². The van der Waals surface area contributed by atoms with Crippen molar-refractivity contribution >= 4 is 11.9 Å². The lowest BCUT2D eigenvalue weighted by Gasteiger charge is -2.00. The van der Waals surface area contributed by atoms with E-state index in [9.17, 15) is 9.59 Å². The minimum absolute atomic E-state index is 0.325. The molecule has 0 aliphatic heterocycles. The number of urea groups is 1. The predicted molar refractivity (Wildman–Crippen MR) is 43.6 cm³/mol. The number of carbonyl (C=O) groups is 2. The van der Waals surface area contributed by atoms with E-state index in [1.165, 1.54) is 12.3 Å². The summed E-state index contributed by atoms with van der Waals surface area (Å²) in [5.41, 5.74) is 9.10. The summed E-state index contributed by atoms with van der Waals surface area (Å²) in [6, 6.07) is 0.714. The van der Waals surface area contributed by atoms with Crippen LogP contribution in [0.25, 0.3) is 0 Å². The molecule has 0 saturated heterocycles. The number of hydrogen-bond acceptors (Lipinski definition) is 3. The number of nitrogens with one attached hydrogen (secondary N) is 2. The van der Waals surface area contributed by atoms with Gasteiger partial charge in [-0.2, -0.15) is 0 Å². The normalized spacial score (nSPS) is 9.31. The van der Waals surface area contributed by atoms with E-state index in [-0.39, 0.29) is 0 Å². The average molecular weight is 183 g/mol. The Labute approximate surface area is 74.1 Å². The number of hydrogen-bond donors (Lipinski definition) is 3. The van der Waals surface area contributed by atoms with Crippen molar-refractivity contribution in [2.24, 2.45) is 5.73 Å². The van der Waals surface area contributed by atoms with Gasteiger partial charge < -0.3 is 10.2 Å². The zero-order valence-electron chi connectivity index (χ0n) is 6.96. The molecule has 13 heavy (non-hydrogen) atoms. The number of furan rings is 1. The second kappa shape index (κ2) is 3.61. The largest absolute Gasteiger partial charge is 0.469 e. The number of primary amides is 1. The molecule has 0 radical (unpaired) electrons. The van der Waals surface area contributed by atoms with Gasteiger partial charge in [0.2, 0.25) is 0 Å². The molecule has 1 aromatic rings. The first-order valence-electron chi connectivity index (χ1n) is 3.50. The van der Waals surface area contributed by atoms with Crippen molar-refractivity contribution in [1.82, 2.24) is 10.9 Å². The molecule has 0 atom stereocenters. The van der Waals surface area contributed by atoms with Crippen molar-refractivity contribution in [1.29, 1.82) is 0 Å². The van der Waals surface area contributed by atoms with Crippen LogP contribution in [-0.2, 0) is 0 Å². The Kier molecular flexibility index (Phi) is 2.53. The summed E-state index contributed by atoms with van der Waals surface area (Å²) >= 11 is 0. The van der Waals surface area contributed by atoms with Crippen LogP contribution in [0.15, 0.2) is 16.7 Å². The highest BCUT2D eigenvalue weighted by Crippen LogP contribution is 2.04. The summed E-state index contributed by atoms with van der Waals surface area (Å²) in [7, 11) is 0. The van der Waals surface area contributed by atoms with Crippen molar-refractivity contribution in [2.75, 3.05) is 0 Å². The predicted octanol–water partition coefficient (Wildman–Crippen LogP) is -0.0989. The van der Waals surface area contributed by atoms with Crippen LogP contribution < -0.4 is 16.6 Å². The van der Waals surface area contributed by atoms with Gasteiger partial charge in [0, 0.05) is 0 Å². The fourth-order valence-electron chi connectivity index (χ4n) is 0.753. The number of carbonyl (C=O) groups excluding carboxylic acids is 2. The fraction of sp³-hybridized carbons (Fsp3) is 0.143. The van der Waals surface area contributed by atoms with E-state index in [2.05, 4.69) is 5.43 Å². The summed E-state index contributed by atoms with van der Waals surface area (Å²) < 4.78 is 4.89. The Bertz CT molecular complexity index is 331. The van der Waals surface area contributed by atoms with Crippen LogP contribution in [0.4, 0.5) is 4.79 Å². The summed E-state index contributed by atoms with van der Waals surface area (Å²) in [4.78, 5) is 21.3. The van der Waals surface area contributed by atoms with Gasteiger partial charge in [-0.25, -0.2) is 10.2 Å². The van der Waals surface area contributed by atoms with Crippen molar-refractivity contribution < 1.29 is 14.0 Å². The van der Waals surface area contributed by atoms with Crippen LogP contribution in [0.3, 0.4) is 0 Å². The zero-order valence-corrected chi connectivity index (χ0v) is 6.96. The first kappa shape index (κ1) is 9.11. The Morgan fingerprint density at radius 1 is 1.46 bits per heavy atom. The van der Waals surface area contributed by atoms with Gasteiger partial charge in [-0.05, 0) is 13.0 Å². The number of rotatable bonds is 1. The van der Waals surface area contributed by atoms with Gasteiger partial charge in [0.25, 0.3) is 5.91 Å². The minimum Gasteiger partial charge on any atom is -0.469 e. The molecule has 0 aromatic carbocycles. The topological polar surface area (TPSA) is 97.4 Å². The Balaban J connectivity index is 2.54. The maximum Gasteiger partial charge on any atom is 0.330 e. The first-order chi connectivity index (χ1) is 6.09. The van der Waals surface area contributed by atoms with Crippen LogP contribution in [-0.4, -0.2) is 11.9 Å². The van der Waals surface area contributed by atoms with E-state index in [4.69, 9.17) is 10.2 Å². The van der Waals surface area contributed by atoms with Gasteiger partial charge in [0.1, 0.15) is 12.0 Å². The quantitative estimate of drug-likeness (QED) is 0.530. The zero-order chi connectivity index (χ0) is 9.84. The second-order valence-electron chi connectivity index (χ2n) is 2.39. The summed E-state index contributed by atoms with van der Waals surface area (Å²) in [6.07, 6.45) is 1.29. The lowest BCUT2D eigenvalue weighted by molar-refractivity contribution is 0.0936.